The lowest BCUT2D eigenvalue weighted by atomic mass is 9.99. The second kappa shape index (κ2) is 70.7. The van der Waals surface area contributed by atoms with Crippen molar-refractivity contribution in [1.82, 2.24) is 0 Å². The summed E-state index contributed by atoms with van der Waals surface area (Å²) in [6.07, 6.45) is 59.7. The van der Waals surface area contributed by atoms with Crippen LogP contribution in [-0.4, -0.2) is 96.7 Å². The highest BCUT2D eigenvalue weighted by atomic mass is 31.2. The molecule has 0 radical (unpaired) electrons. The van der Waals surface area contributed by atoms with Gasteiger partial charge in [-0.2, -0.15) is 0 Å². The Balaban J connectivity index is 5.22. The molecule has 0 fully saturated rings. The molecule has 17 nitrogen and oxygen atoms in total. The number of esters is 4. The first-order valence-corrected chi connectivity index (χ1v) is 44.0. The summed E-state index contributed by atoms with van der Waals surface area (Å²) in [4.78, 5) is 72.9. The van der Waals surface area contributed by atoms with E-state index < -0.39 is 97.5 Å². The van der Waals surface area contributed by atoms with Crippen molar-refractivity contribution in [3.63, 3.8) is 0 Å². The maximum absolute atomic E-state index is 13.1. The van der Waals surface area contributed by atoms with Crippen LogP contribution in [-0.2, 0) is 65.4 Å². The molecule has 0 bridgehead atoms. The van der Waals surface area contributed by atoms with Crippen LogP contribution in [0.4, 0.5) is 0 Å². The zero-order chi connectivity index (χ0) is 72.1. The van der Waals surface area contributed by atoms with Crippen LogP contribution >= 0.6 is 15.6 Å². The van der Waals surface area contributed by atoms with Gasteiger partial charge in [0.25, 0.3) is 0 Å². The van der Waals surface area contributed by atoms with Gasteiger partial charge in [-0.1, -0.05) is 363 Å². The lowest BCUT2D eigenvalue weighted by Gasteiger charge is -2.21. The van der Waals surface area contributed by atoms with Gasteiger partial charge >= 0.3 is 39.5 Å². The molecule has 3 unspecified atom stereocenters. The van der Waals surface area contributed by atoms with Gasteiger partial charge in [-0.05, 0) is 37.5 Å². The van der Waals surface area contributed by atoms with Crippen molar-refractivity contribution in [2.75, 3.05) is 39.6 Å². The van der Waals surface area contributed by atoms with Crippen molar-refractivity contribution in [3.05, 3.63) is 0 Å². The molecule has 6 atom stereocenters. The summed E-state index contributed by atoms with van der Waals surface area (Å²) in [6.45, 7) is 9.58. The summed E-state index contributed by atoms with van der Waals surface area (Å²) in [5, 5.41) is 10.6. The van der Waals surface area contributed by atoms with Gasteiger partial charge < -0.3 is 33.8 Å². The van der Waals surface area contributed by atoms with E-state index in [1.807, 2.05) is 0 Å². The molecule has 582 valence electrons. The highest BCUT2D eigenvalue weighted by Gasteiger charge is 2.30. The normalized spacial score (nSPS) is 14.2. The Morgan fingerprint density at radius 3 is 0.776 bits per heavy atom. The van der Waals surface area contributed by atoms with Crippen molar-refractivity contribution in [1.29, 1.82) is 0 Å². The third-order valence-electron chi connectivity index (χ3n) is 18.8. The highest BCUT2D eigenvalue weighted by Crippen LogP contribution is 2.45. The number of phosphoric ester groups is 2. The van der Waals surface area contributed by atoms with Gasteiger partial charge in [0.05, 0.1) is 26.4 Å². The summed E-state index contributed by atoms with van der Waals surface area (Å²) in [5.41, 5.74) is 0. The number of aliphatic hydroxyl groups excluding tert-OH is 1. The number of hydrogen-bond acceptors (Lipinski definition) is 15. The number of ether oxygens (including phenoxy) is 4. The van der Waals surface area contributed by atoms with E-state index in [2.05, 4.69) is 41.5 Å². The quantitative estimate of drug-likeness (QED) is 0.0222. The van der Waals surface area contributed by atoms with E-state index in [0.717, 1.165) is 102 Å². The minimum atomic E-state index is -4.96. The topological polar surface area (TPSA) is 237 Å². The molecule has 0 aromatic carbocycles. The van der Waals surface area contributed by atoms with Crippen LogP contribution in [0.15, 0.2) is 0 Å². The molecular formula is C79H154O17P2. The fourth-order valence-corrected chi connectivity index (χ4v) is 13.7. The maximum Gasteiger partial charge on any atom is 0.472 e. The lowest BCUT2D eigenvalue weighted by molar-refractivity contribution is -0.161. The molecule has 3 N–H and O–H groups in total. The molecule has 0 saturated heterocycles. The van der Waals surface area contributed by atoms with E-state index in [-0.39, 0.29) is 25.7 Å². The van der Waals surface area contributed by atoms with Crippen LogP contribution in [0.25, 0.3) is 0 Å². The summed E-state index contributed by atoms with van der Waals surface area (Å²) in [6, 6.07) is 0. The van der Waals surface area contributed by atoms with Gasteiger partial charge in [0.1, 0.15) is 19.3 Å². The molecule has 0 aliphatic carbocycles. The van der Waals surface area contributed by atoms with Gasteiger partial charge in [-0.25, -0.2) is 9.13 Å². The van der Waals surface area contributed by atoms with Crippen LogP contribution in [0.5, 0.6) is 0 Å². The minimum absolute atomic E-state index is 0.105. The largest absolute Gasteiger partial charge is 0.472 e. The Bertz CT molecular complexity index is 1890. The number of unbranched alkanes of at least 4 members (excludes halogenated alkanes) is 47. The summed E-state index contributed by atoms with van der Waals surface area (Å²) >= 11 is 0. The Morgan fingerprint density at radius 1 is 0.296 bits per heavy atom. The van der Waals surface area contributed by atoms with Gasteiger partial charge in [0.2, 0.25) is 0 Å². The van der Waals surface area contributed by atoms with Crippen LogP contribution in [0.2, 0.25) is 0 Å². The zero-order valence-corrected chi connectivity index (χ0v) is 65.9. The second-order valence-electron chi connectivity index (χ2n) is 29.2. The molecule has 0 aliphatic heterocycles. The average Bonchev–Trinajstić information content (AvgIpc) is 1.66. The van der Waals surface area contributed by atoms with Crippen molar-refractivity contribution in [3.8, 4) is 0 Å². The predicted molar refractivity (Wildman–Crippen MR) is 400 cm³/mol. The number of phosphoric acid groups is 2. The van der Waals surface area contributed by atoms with E-state index in [0.29, 0.717) is 25.7 Å². The molecule has 0 aromatic rings. The van der Waals surface area contributed by atoms with E-state index in [1.54, 1.807) is 0 Å². The average molecular weight is 1440 g/mol. The molecule has 0 aliphatic rings. The molecule has 0 rings (SSSR count). The lowest BCUT2D eigenvalue weighted by Crippen LogP contribution is -2.30. The summed E-state index contributed by atoms with van der Waals surface area (Å²) < 4.78 is 68.6. The molecule has 0 amide bonds. The fourth-order valence-electron chi connectivity index (χ4n) is 12.2. The van der Waals surface area contributed by atoms with E-state index in [4.69, 9.17) is 37.0 Å². The Hall–Kier alpha value is -1.94. The van der Waals surface area contributed by atoms with Gasteiger partial charge in [0.15, 0.2) is 12.2 Å². The monoisotopic (exact) mass is 1440 g/mol. The van der Waals surface area contributed by atoms with Crippen molar-refractivity contribution in [2.24, 2.45) is 11.8 Å². The van der Waals surface area contributed by atoms with E-state index in [1.165, 1.54) is 231 Å². The molecule has 0 heterocycles. The summed E-state index contributed by atoms with van der Waals surface area (Å²) in [5.74, 6) is -0.618. The van der Waals surface area contributed by atoms with Crippen LogP contribution < -0.4 is 0 Å². The minimum Gasteiger partial charge on any atom is -0.462 e. The number of rotatable bonds is 78. The fraction of sp³-hybridized carbons (Fsp3) is 0.949. The van der Waals surface area contributed by atoms with E-state index >= 15 is 0 Å². The first-order chi connectivity index (χ1) is 47.4. The first-order valence-electron chi connectivity index (χ1n) is 41.0. The first kappa shape index (κ1) is 96.1. The third kappa shape index (κ3) is 71.1. The third-order valence-corrected chi connectivity index (χ3v) is 20.7. The van der Waals surface area contributed by atoms with E-state index in [9.17, 15) is 43.2 Å². The van der Waals surface area contributed by atoms with Gasteiger partial charge in [-0.15, -0.1) is 0 Å². The number of carbonyl (C=O) groups is 4. The molecule has 19 heteroatoms. The van der Waals surface area contributed by atoms with Crippen LogP contribution in [0.1, 0.15) is 414 Å². The number of hydrogen-bond donors (Lipinski definition) is 3. The van der Waals surface area contributed by atoms with Crippen LogP contribution in [0.3, 0.4) is 0 Å². The predicted octanol–water partition coefficient (Wildman–Crippen LogP) is 23.5. The molecule has 0 saturated carbocycles. The second-order valence-corrected chi connectivity index (χ2v) is 32.1. The van der Waals surface area contributed by atoms with Crippen molar-refractivity contribution >= 4 is 39.5 Å². The highest BCUT2D eigenvalue weighted by molar-refractivity contribution is 7.47. The molecular weight excluding hydrogens is 1280 g/mol. The number of aliphatic hydroxyl groups is 1. The zero-order valence-electron chi connectivity index (χ0n) is 64.1. The smallest absolute Gasteiger partial charge is 0.462 e. The molecule has 0 spiro atoms. The van der Waals surface area contributed by atoms with Crippen molar-refractivity contribution < 1.29 is 80.2 Å². The Labute approximate surface area is 600 Å². The standard InChI is InChI=1S/C79H154O17P2/c1-7-10-12-14-16-18-20-22-24-25-26-27-28-29-30-32-34-36-45-51-57-63-78(83)95-74(67-89-76(81)61-55-49-43-35-33-31-23-21-19-17-15-13-11-8-2)69-93-97(85,86)91-65-73(80)66-92-98(87,88)94-70-75(68-90-77(82)62-56-50-44-39-37-41-47-53-59-71(4)5)96-79(84)64-58-52-46-40-38-42-48-54-60-72(6)9-3/h71-75,80H,7-70H2,1-6H3,(H,85,86)(H,87,88)/t72?,73-,74-,75-/m1/s1. The van der Waals surface area contributed by atoms with Gasteiger partial charge in [0, 0.05) is 25.7 Å². The SMILES string of the molecule is CCCCCCCCCCCCCCCCCCCCCCCC(=O)O[C@H](COC(=O)CCCCCCCCCCCCCCCC)COP(=O)(O)OC[C@@H](O)COP(=O)(O)OC[C@@H](COC(=O)CCCCCCCCCCC(C)C)OC(=O)CCCCCCCCCCC(C)CC. The van der Waals surface area contributed by atoms with Crippen molar-refractivity contribution in [2.45, 2.75) is 432 Å². The molecule has 0 aromatic heterocycles. The number of carbonyl (C=O) groups excluding carboxylic acids is 4. The Morgan fingerprint density at radius 2 is 0.520 bits per heavy atom. The van der Waals surface area contributed by atoms with Gasteiger partial charge in [-0.3, -0.25) is 37.3 Å². The molecule has 98 heavy (non-hydrogen) atoms. The maximum atomic E-state index is 13.1. The van der Waals surface area contributed by atoms with Crippen LogP contribution in [0, 0.1) is 11.8 Å². The summed E-state index contributed by atoms with van der Waals surface area (Å²) in [7, 11) is -9.92. The Kier molecular flexibility index (Phi) is 69.3.